The monoisotopic (exact) mass is 483 g/mol. The number of carboxylic acid groups (broad SMARTS) is 1. The lowest BCUT2D eigenvalue weighted by Gasteiger charge is -2.21. The fraction of sp³-hybridized carbons (Fsp3) is 0.280. The van der Waals surface area contributed by atoms with Crippen molar-refractivity contribution >= 4 is 40.1 Å². The van der Waals surface area contributed by atoms with Crippen molar-refractivity contribution in [1.29, 1.82) is 0 Å². The molecule has 4 atom stereocenters. The summed E-state index contributed by atoms with van der Waals surface area (Å²) in [5, 5.41) is 23.0. The number of aliphatic imine (C=N–C) groups is 1. The number of hydrogen-bond donors (Lipinski definition) is 3. The molecule has 0 spiro atoms. The van der Waals surface area contributed by atoms with Gasteiger partial charge in [0.1, 0.15) is 11.6 Å². The Kier molecular flexibility index (Phi) is 5.79. The van der Waals surface area contributed by atoms with Gasteiger partial charge in [0.05, 0.1) is 30.1 Å². The Bertz CT molecular complexity index is 1320. The van der Waals surface area contributed by atoms with Gasteiger partial charge in [0, 0.05) is 34.3 Å². The van der Waals surface area contributed by atoms with Crippen molar-refractivity contribution in [1.82, 2.24) is 9.88 Å². The molecular formula is C25H23ClFN3O4. The number of aliphatic hydroxyl groups excluding tert-OH is 1. The normalized spacial score (nSPS) is 25.8. The lowest BCUT2D eigenvalue weighted by Crippen LogP contribution is -2.35. The molecule has 2 heterocycles. The number of hydrogen-bond acceptors (Lipinski definition) is 5. The van der Waals surface area contributed by atoms with E-state index in [1.807, 2.05) is 19.2 Å². The van der Waals surface area contributed by atoms with Gasteiger partial charge in [0.2, 0.25) is 0 Å². The molecule has 9 heteroatoms. The second-order valence-corrected chi connectivity index (χ2v) is 8.97. The predicted molar refractivity (Wildman–Crippen MR) is 128 cm³/mol. The van der Waals surface area contributed by atoms with Gasteiger partial charge in [-0.25, -0.2) is 9.38 Å². The van der Waals surface area contributed by atoms with Crippen LogP contribution in [0.1, 0.15) is 12.5 Å². The van der Waals surface area contributed by atoms with E-state index < -0.39 is 17.7 Å². The highest BCUT2D eigenvalue weighted by molar-refractivity contribution is 6.37. The van der Waals surface area contributed by atoms with Crippen molar-refractivity contribution in [3.63, 3.8) is 0 Å². The van der Waals surface area contributed by atoms with Gasteiger partial charge in [-0.15, -0.1) is 0 Å². The molecule has 0 bridgehead atoms. The smallest absolute Gasteiger partial charge is 0.311 e. The van der Waals surface area contributed by atoms with Crippen LogP contribution in [0, 0.1) is 17.7 Å². The number of nitrogens with zero attached hydrogens (tertiary/aromatic N) is 2. The summed E-state index contributed by atoms with van der Waals surface area (Å²) in [7, 11) is 0. The van der Waals surface area contributed by atoms with Crippen molar-refractivity contribution in [2.24, 2.45) is 16.8 Å². The molecule has 0 fully saturated rings. The summed E-state index contributed by atoms with van der Waals surface area (Å²) < 4.78 is 22.7. The Morgan fingerprint density at radius 3 is 2.91 bits per heavy atom. The van der Waals surface area contributed by atoms with E-state index in [4.69, 9.17) is 16.3 Å². The molecule has 2 aromatic rings. The maximum absolute atomic E-state index is 15.1. The van der Waals surface area contributed by atoms with Crippen LogP contribution in [0.25, 0.3) is 16.5 Å². The number of amidine groups is 1. The molecule has 2 aliphatic carbocycles. The lowest BCUT2D eigenvalue weighted by atomic mass is 9.89. The minimum atomic E-state index is -0.916. The molecule has 3 aliphatic rings. The zero-order chi connectivity index (χ0) is 24.0. The summed E-state index contributed by atoms with van der Waals surface area (Å²) in [5.41, 5.74) is 1.61. The first kappa shape index (κ1) is 22.4. The largest absolute Gasteiger partial charge is 0.481 e. The van der Waals surface area contributed by atoms with Crippen molar-refractivity contribution in [2.75, 3.05) is 6.61 Å². The van der Waals surface area contributed by atoms with Crippen LogP contribution >= 0.6 is 11.6 Å². The van der Waals surface area contributed by atoms with E-state index in [0.29, 0.717) is 34.0 Å². The van der Waals surface area contributed by atoms with Crippen LogP contribution < -0.4 is 5.32 Å². The van der Waals surface area contributed by atoms with Gasteiger partial charge < -0.3 is 24.8 Å². The van der Waals surface area contributed by atoms with E-state index >= 15 is 4.39 Å². The van der Waals surface area contributed by atoms with Crippen molar-refractivity contribution in [3.8, 4) is 0 Å². The third-order valence-electron chi connectivity index (χ3n) is 6.31. The van der Waals surface area contributed by atoms with Crippen molar-refractivity contribution in [2.45, 2.75) is 25.6 Å². The number of halogens is 2. The summed E-state index contributed by atoms with van der Waals surface area (Å²) in [6.45, 7) is 2.18. The van der Waals surface area contributed by atoms with E-state index in [9.17, 15) is 15.0 Å². The zero-order valence-electron chi connectivity index (χ0n) is 18.3. The van der Waals surface area contributed by atoms with Crippen LogP contribution in [0.4, 0.5) is 4.39 Å². The van der Waals surface area contributed by atoms with Crippen LogP contribution in [0.3, 0.4) is 0 Å². The molecule has 5 rings (SSSR count). The molecule has 34 heavy (non-hydrogen) atoms. The number of aromatic nitrogens is 1. The Morgan fingerprint density at radius 2 is 2.15 bits per heavy atom. The number of ether oxygens (including phenoxy) is 1. The molecule has 1 aliphatic heterocycles. The SMILES string of the molecule is CC1C=CC(OC2=NC3C=C(c4cc5ccn(CCO)c5cc4F)C(Cl)=CC3N2)=CC1C(=O)O. The number of aliphatic carboxylic acids is 1. The van der Waals surface area contributed by atoms with Gasteiger partial charge in [-0.05, 0) is 48.4 Å². The van der Waals surface area contributed by atoms with Crippen LogP contribution in [0.2, 0.25) is 0 Å². The highest BCUT2D eigenvalue weighted by Gasteiger charge is 2.33. The van der Waals surface area contributed by atoms with Gasteiger partial charge in [0.25, 0.3) is 6.02 Å². The van der Waals surface area contributed by atoms with Crippen LogP contribution in [0.5, 0.6) is 0 Å². The summed E-state index contributed by atoms with van der Waals surface area (Å²) in [6, 6.07) is 4.70. The standard InChI is InChI=1S/C25H23ClFN3O4/c1-13-2-3-15(9-16(13)24(32)33)34-25-28-21-10-17(19(26)11-22(21)29-25)18-8-14-4-5-30(6-7-31)23(14)12-20(18)27/h2-5,8-13,16,21-22,31H,6-7H2,1H3,(H,28,29)(H,32,33). The van der Waals surface area contributed by atoms with Gasteiger partial charge in [-0.3, -0.25) is 4.79 Å². The molecule has 7 nitrogen and oxygen atoms in total. The number of fused-ring (bicyclic) bond motifs is 2. The van der Waals surface area contributed by atoms with Gasteiger partial charge in [-0.1, -0.05) is 24.6 Å². The van der Waals surface area contributed by atoms with Gasteiger partial charge in [-0.2, -0.15) is 0 Å². The van der Waals surface area contributed by atoms with Crippen molar-refractivity contribution in [3.05, 3.63) is 76.9 Å². The van der Waals surface area contributed by atoms with Gasteiger partial charge >= 0.3 is 5.97 Å². The number of nitrogens with one attached hydrogen (secondary N) is 1. The third kappa shape index (κ3) is 4.03. The molecule has 0 saturated carbocycles. The number of rotatable bonds is 5. The number of benzene rings is 1. The second kappa shape index (κ2) is 8.77. The third-order valence-corrected chi connectivity index (χ3v) is 6.64. The first-order valence-electron chi connectivity index (χ1n) is 11.0. The number of allylic oxidation sites excluding steroid dienone is 4. The van der Waals surface area contributed by atoms with Gasteiger partial charge in [0.15, 0.2) is 0 Å². The predicted octanol–water partition coefficient (Wildman–Crippen LogP) is 3.80. The summed E-state index contributed by atoms with van der Waals surface area (Å²) in [5.74, 6) is -1.74. The average molecular weight is 484 g/mol. The Labute approximate surface area is 200 Å². The van der Waals surface area contributed by atoms with E-state index in [1.54, 1.807) is 41.0 Å². The number of carbonyl (C=O) groups is 1. The molecule has 0 saturated heterocycles. The van der Waals surface area contributed by atoms with Crippen LogP contribution in [0.15, 0.2) is 70.6 Å². The van der Waals surface area contributed by atoms with E-state index in [1.165, 1.54) is 6.07 Å². The molecule has 1 aromatic carbocycles. The van der Waals surface area contributed by atoms with E-state index in [2.05, 4.69) is 10.3 Å². The van der Waals surface area contributed by atoms with E-state index in [0.717, 1.165) is 5.39 Å². The highest BCUT2D eigenvalue weighted by atomic mass is 35.5. The van der Waals surface area contributed by atoms with E-state index in [-0.39, 0.29) is 30.6 Å². The fourth-order valence-corrected chi connectivity index (χ4v) is 4.78. The molecule has 1 aromatic heterocycles. The minimum absolute atomic E-state index is 0.0337. The molecule has 176 valence electrons. The summed E-state index contributed by atoms with van der Waals surface area (Å²) in [6.07, 6.45) is 10.5. The minimum Gasteiger partial charge on any atom is -0.481 e. The molecule has 3 N–H and O–H groups in total. The first-order valence-corrected chi connectivity index (χ1v) is 11.4. The zero-order valence-corrected chi connectivity index (χ0v) is 19.0. The molecule has 0 amide bonds. The average Bonchev–Trinajstić information content (AvgIpc) is 3.36. The van der Waals surface area contributed by atoms with Crippen LogP contribution in [-0.4, -0.2) is 45.5 Å². The number of carboxylic acids is 1. The Balaban J connectivity index is 1.41. The molecule has 0 radical (unpaired) electrons. The quantitative estimate of drug-likeness (QED) is 0.601. The van der Waals surface area contributed by atoms with Crippen LogP contribution in [-0.2, 0) is 16.1 Å². The summed E-state index contributed by atoms with van der Waals surface area (Å²) >= 11 is 6.54. The number of aliphatic hydroxyl groups is 1. The molecular weight excluding hydrogens is 461 g/mol. The topological polar surface area (TPSA) is 96.1 Å². The lowest BCUT2D eigenvalue weighted by molar-refractivity contribution is -0.141. The first-order chi connectivity index (χ1) is 16.3. The second-order valence-electron chi connectivity index (χ2n) is 8.57. The summed E-state index contributed by atoms with van der Waals surface area (Å²) in [4.78, 5) is 16.0. The highest BCUT2D eigenvalue weighted by Crippen LogP contribution is 2.36. The van der Waals surface area contributed by atoms with Crippen molar-refractivity contribution < 1.29 is 24.1 Å². The Hall–Kier alpha value is -3.36. The fourth-order valence-electron chi connectivity index (χ4n) is 4.48. The molecule has 4 unspecified atom stereocenters. The Morgan fingerprint density at radius 1 is 1.32 bits per heavy atom. The maximum Gasteiger partial charge on any atom is 0.311 e. The maximum atomic E-state index is 15.1.